The second-order valence-electron chi connectivity index (χ2n) is 4.78. The monoisotopic (exact) mass is 307 g/mol. The van der Waals surface area contributed by atoms with Crippen molar-refractivity contribution in [2.75, 3.05) is 18.9 Å². The maximum atomic E-state index is 12.4. The van der Waals surface area contributed by atoms with Crippen molar-refractivity contribution in [3.63, 3.8) is 0 Å². The van der Waals surface area contributed by atoms with Gasteiger partial charge in [0.25, 0.3) is 5.91 Å². The first-order valence-corrected chi connectivity index (χ1v) is 7.02. The molecule has 0 aliphatic carbocycles. The first-order valence-electron chi connectivity index (χ1n) is 6.64. The van der Waals surface area contributed by atoms with Crippen LogP contribution >= 0.6 is 11.6 Å². The number of carbonyl (C=O) groups excluding carboxylic acids is 1. The van der Waals surface area contributed by atoms with E-state index in [1.807, 2.05) is 20.2 Å². The fourth-order valence-corrected chi connectivity index (χ4v) is 2.22. The van der Waals surface area contributed by atoms with Gasteiger partial charge >= 0.3 is 0 Å². The van der Waals surface area contributed by atoms with Crippen molar-refractivity contribution in [3.05, 3.63) is 40.8 Å². The second-order valence-corrected chi connectivity index (χ2v) is 5.16. The highest BCUT2D eigenvalue weighted by Gasteiger charge is 2.15. The van der Waals surface area contributed by atoms with Crippen LogP contribution in [0.1, 0.15) is 22.8 Å². The number of aryl methyl sites for hydroxylation is 1. The molecule has 0 saturated carbocycles. The molecule has 0 aliphatic heterocycles. The normalized spacial score (nSPS) is 10.5. The van der Waals surface area contributed by atoms with Gasteiger partial charge in [-0.05, 0) is 19.1 Å². The smallest absolute Gasteiger partial charge is 0.254 e. The summed E-state index contributed by atoms with van der Waals surface area (Å²) in [7, 11) is 3.59. The molecule has 21 heavy (non-hydrogen) atoms. The van der Waals surface area contributed by atoms with Gasteiger partial charge in [-0.1, -0.05) is 11.6 Å². The predicted molar refractivity (Wildman–Crippen MR) is 82.4 cm³/mol. The van der Waals surface area contributed by atoms with Gasteiger partial charge in [-0.25, -0.2) is 4.98 Å². The third kappa shape index (κ3) is 3.95. The van der Waals surface area contributed by atoms with Gasteiger partial charge in [-0.3, -0.25) is 9.48 Å². The molecule has 2 aromatic heterocycles. The molecule has 2 heterocycles. The van der Waals surface area contributed by atoms with Gasteiger partial charge in [0.15, 0.2) is 0 Å². The average Bonchev–Trinajstić information content (AvgIpc) is 2.83. The van der Waals surface area contributed by atoms with Crippen LogP contribution in [-0.4, -0.2) is 39.2 Å². The molecule has 6 nitrogen and oxygen atoms in total. The van der Waals surface area contributed by atoms with Gasteiger partial charge < -0.3 is 10.2 Å². The highest BCUT2D eigenvalue weighted by Crippen LogP contribution is 2.16. The number of nitrogens with zero attached hydrogens (tertiary/aromatic N) is 4. The first kappa shape index (κ1) is 15.3. The standard InChI is InChI=1S/C14H18ClN5O/c1-4-16-13-6-11(5-12(15)18-13)14(21)19(2)8-10-7-17-20(3)9-10/h5-7,9H,4,8H2,1-3H3,(H,16,18). The van der Waals surface area contributed by atoms with E-state index in [2.05, 4.69) is 15.4 Å². The van der Waals surface area contributed by atoms with Crippen LogP contribution < -0.4 is 5.32 Å². The van der Waals surface area contributed by atoms with Crippen LogP contribution in [0, 0.1) is 0 Å². The lowest BCUT2D eigenvalue weighted by atomic mass is 10.2. The van der Waals surface area contributed by atoms with Crippen LogP contribution in [0.4, 0.5) is 5.82 Å². The summed E-state index contributed by atoms with van der Waals surface area (Å²) >= 11 is 5.96. The zero-order valence-corrected chi connectivity index (χ0v) is 13.1. The van der Waals surface area contributed by atoms with Gasteiger partial charge in [0.1, 0.15) is 11.0 Å². The fourth-order valence-electron chi connectivity index (χ4n) is 2.01. The molecule has 1 N–H and O–H groups in total. The van der Waals surface area contributed by atoms with Crippen LogP contribution in [0.25, 0.3) is 0 Å². The van der Waals surface area contributed by atoms with Crippen molar-refractivity contribution in [2.45, 2.75) is 13.5 Å². The van der Waals surface area contributed by atoms with Gasteiger partial charge in [-0.2, -0.15) is 5.10 Å². The van der Waals surface area contributed by atoms with Crippen LogP contribution in [-0.2, 0) is 13.6 Å². The van der Waals surface area contributed by atoms with E-state index in [-0.39, 0.29) is 5.91 Å². The topological polar surface area (TPSA) is 63.1 Å². The average molecular weight is 308 g/mol. The molecule has 0 aliphatic rings. The molecule has 1 amide bonds. The molecule has 0 atom stereocenters. The number of hydrogen-bond donors (Lipinski definition) is 1. The third-order valence-electron chi connectivity index (χ3n) is 2.92. The van der Waals surface area contributed by atoms with E-state index in [4.69, 9.17) is 11.6 Å². The molecule has 0 aromatic carbocycles. The summed E-state index contributed by atoms with van der Waals surface area (Å²) < 4.78 is 1.71. The molecule has 7 heteroatoms. The van der Waals surface area contributed by atoms with Crippen molar-refractivity contribution in [2.24, 2.45) is 7.05 Å². The number of hydrogen-bond acceptors (Lipinski definition) is 4. The molecule has 0 spiro atoms. The van der Waals surface area contributed by atoms with Gasteiger partial charge in [-0.15, -0.1) is 0 Å². The van der Waals surface area contributed by atoms with E-state index >= 15 is 0 Å². The van der Waals surface area contributed by atoms with E-state index in [0.29, 0.717) is 29.6 Å². The zero-order chi connectivity index (χ0) is 15.4. The van der Waals surface area contributed by atoms with E-state index in [9.17, 15) is 4.79 Å². The maximum absolute atomic E-state index is 12.4. The van der Waals surface area contributed by atoms with E-state index in [1.165, 1.54) is 0 Å². The summed E-state index contributed by atoms with van der Waals surface area (Å²) in [5.74, 6) is 0.491. The largest absolute Gasteiger partial charge is 0.370 e. The number of aromatic nitrogens is 3. The Morgan fingerprint density at radius 3 is 2.86 bits per heavy atom. The van der Waals surface area contributed by atoms with Crippen LogP contribution in [0.15, 0.2) is 24.5 Å². The van der Waals surface area contributed by atoms with E-state index in [1.54, 1.807) is 35.0 Å². The minimum Gasteiger partial charge on any atom is -0.370 e. The summed E-state index contributed by atoms with van der Waals surface area (Å²) in [4.78, 5) is 18.2. The second kappa shape index (κ2) is 6.58. The van der Waals surface area contributed by atoms with Gasteiger partial charge in [0.2, 0.25) is 0 Å². The Kier molecular flexibility index (Phi) is 4.80. The summed E-state index contributed by atoms with van der Waals surface area (Å²) in [5, 5.41) is 7.45. The van der Waals surface area contributed by atoms with Crippen LogP contribution in [0.3, 0.4) is 0 Å². The zero-order valence-electron chi connectivity index (χ0n) is 12.3. The summed E-state index contributed by atoms with van der Waals surface area (Å²) in [6, 6.07) is 3.28. The number of carbonyl (C=O) groups is 1. The Morgan fingerprint density at radius 1 is 1.48 bits per heavy atom. The number of rotatable bonds is 5. The molecule has 112 valence electrons. The Labute approximate surface area is 128 Å². The Balaban J connectivity index is 2.14. The fraction of sp³-hybridized carbons (Fsp3) is 0.357. The molecule has 0 radical (unpaired) electrons. The van der Waals surface area contributed by atoms with Crippen molar-refractivity contribution in [1.82, 2.24) is 19.7 Å². The number of pyridine rings is 1. The molecule has 0 bridgehead atoms. The van der Waals surface area contributed by atoms with Gasteiger partial charge in [0, 0.05) is 44.5 Å². The minimum absolute atomic E-state index is 0.109. The summed E-state index contributed by atoms with van der Waals surface area (Å²) in [5.41, 5.74) is 1.48. The van der Waals surface area contributed by atoms with Crippen LogP contribution in [0.5, 0.6) is 0 Å². The quantitative estimate of drug-likeness (QED) is 0.860. The lowest BCUT2D eigenvalue weighted by Crippen LogP contribution is -2.26. The molecule has 0 fully saturated rings. The minimum atomic E-state index is -0.109. The molecule has 2 aromatic rings. The SMILES string of the molecule is CCNc1cc(C(=O)N(C)Cc2cnn(C)c2)cc(Cl)n1. The van der Waals surface area contributed by atoms with E-state index in [0.717, 1.165) is 5.56 Å². The highest BCUT2D eigenvalue weighted by atomic mass is 35.5. The van der Waals surface area contributed by atoms with Crippen molar-refractivity contribution >= 4 is 23.3 Å². The predicted octanol–water partition coefficient (Wildman–Crippen LogP) is 2.17. The third-order valence-corrected chi connectivity index (χ3v) is 3.12. The number of nitrogens with one attached hydrogen (secondary N) is 1. The number of halogens is 1. The first-order chi connectivity index (χ1) is 9.99. The van der Waals surface area contributed by atoms with Crippen molar-refractivity contribution in [1.29, 1.82) is 0 Å². The maximum Gasteiger partial charge on any atom is 0.254 e. The van der Waals surface area contributed by atoms with Crippen molar-refractivity contribution in [3.8, 4) is 0 Å². The van der Waals surface area contributed by atoms with Crippen molar-refractivity contribution < 1.29 is 4.79 Å². The summed E-state index contributed by atoms with van der Waals surface area (Å²) in [6.07, 6.45) is 3.63. The lowest BCUT2D eigenvalue weighted by molar-refractivity contribution is 0.0785. The highest BCUT2D eigenvalue weighted by molar-refractivity contribution is 6.29. The summed E-state index contributed by atoms with van der Waals surface area (Å²) in [6.45, 7) is 3.16. The Morgan fingerprint density at radius 2 is 2.24 bits per heavy atom. The molecule has 2 rings (SSSR count). The lowest BCUT2D eigenvalue weighted by Gasteiger charge is -2.17. The molecule has 0 unspecified atom stereocenters. The molecular weight excluding hydrogens is 290 g/mol. The Bertz CT molecular complexity index is 640. The van der Waals surface area contributed by atoms with Gasteiger partial charge in [0.05, 0.1) is 6.20 Å². The van der Waals surface area contributed by atoms with Crippen LogP contribution in [0.2, 0.25) is 5.15 Å². The molecular formula is C14H18ClN5O. The Hall–Kier alpha value is -2.08. The molecule has 0 saturated heterocycles. The van der Waals surface area contributed by atoms with E-state index < -0.39 is 0 Å². The number of anilines is 1. The number of amides is 1.